The molecular weight excluding hydrogens is 278 g/mol. The van der Waals surface area contributed by atoms with Gasteiger partial charge in [-0.15, -0.1) is 0 Å². The van der Waals surface area contributed by atoms with Crippen molar-refractivity contribution in [3.05, 3.63) is 30.1 Å². The maximum absolute atomic E-state index is 11.7. The van der Waals surface area contributed by atoms with Gasteiger partial charge in [0.1, 0.15) is 5.82 Å². The molecule has 5 heteroatoms. The van der Waals surface area contributed by atoms with Gasteiger partial charge >= 0.3 is 0 Å². The number of carbonyl (C=O) groups is 1. The molecule has 0 saturated heterocycles. The van der Waals surface area contributed by atoms with Crippen molar-refractivity contribution in [2.24, 2.45) is 0 Å². The van der Waals surface area contributed by atoms with Crippen molar-refractivity contribution in [1.29, 1.82) is 0 Å². The van der Waals surface area contributed by atoms with Crippen LogP contribution in [0.2, 0.25) is 0 Å². The predicted molar refractivity (Wildman–Crippen MR) is 87.7 cm³/mol. The van der Waals surface area contributed by atoms with Crippen LogP contribution in [0.3, 0.4) is 0 Å². The number of imidazole rings is 1. The van der Waals surface area contributed by atoms with Crippen molar-refractivity contribution in [3.8, 4) is 0 Å². The van der Waals surface area contributed by atoms with Gasteiger partial charge in [0, 0.05) is 25.9 Å². The van der Waals surface area contributed by atoms with E-state index in [4.69, 9.17) is 0 Å². The average Bonchev–Trinajstić information content (AvgIpc) is 2.84. The van der Waals surface area contributed by atoms with Crippen LogP contribution in [-0.4, -0.2) is 33.2 Å². The van der Waals surface area contributed by atoms with Crippen LogP contribution in [0.1, 0.15) is 38.9 Å². The normalized spacial score (nSPS) is 12.5. The summed E-state index contributed by atoms with van der Waals surface area (Å²) in [6, 6.07) is 8.12. The number of aliphatic hydroxyl groups excluding tert-OH is 1. The molecule has 1 aromatic heterocycles. The summed E-state index contributed by atoms with van der Waals surface area (Å²) in [5, 5.41) is 12.1. The summed E-state index contributed by atoms with van der Waals surface area (Å²) in [5.74, 6) is 0.998. The average molecular weight is 303 g/mol. The Morgan fingerprint density at radius 1 is 1.41 bits per heavy atom. The monoisotopic (exact) mass is 303 g/mol. The lowest BCUT2D eigenvalue weighted by atomic mass is 10.2. The van der Waals surface area contributed by atoms with Crippen LogP contribution in [0.4, 0.5) is 0 Å². The van der Waals surface area contributed by atoms with Crippen LogP contribution in [0, 0.1) is 0 Å². The Kier molecular flexibility index (Phi) is 5.95. The molecule has 0 fully saturated rings. The minimum atomic E-state index is -0.431. The zero-order valence-corrected chi connectivity index (χ0v) is 13.4. The fourth-order valence-corrected chi connectivity index (χ4v) is 2.53. The van der Waals surface area contributed by atoms with E-state index in [9.17, 15) is 9.90 Å². The summed E-state index contributed by atoms with van der Waals surface area (Å²) < 4.78 is 2.23. The molecule has 5 nitrogen and oxygen atoms in total. The Labute approximate surface area is 131 Å². The van der Waals surface area contributed by atoms with Crippen molar-refractivity contribution in [3.63, 3.8) is 0 Å². The van der Waals surface area contributed by atoms with E-state index >= 15 is 0 Å². The van der Waals surface area contributed by atoms with Crippen molar-refractivity contribution >= 4 is 16.9 Å². The molecule has 1 heterocycles. The Balaban J connectivity index is 1.96. The molecule has 1 amide bonds. The quantitative estimate of drug-likeness (QED) is 0.786. The molecule has 0 aliphatic rings. The number of hydrogen-bond donors (Lipinski definition) is 2. The first kappa shape index (κ1) is 16.5. The summed E-state index contributed by atoms with van der Waals surface area (Å²) in [7, 11) is 0. The number of fused-ring (bicyclic) bond motifs is 1. The molecule has 22 heavy (non-hydrogen) atoms. The first-order valence-corrected chi connectivity index (χ1v) is 8.00. The van der Waals surface area contributed by atoms with Crippen molar-refractivity contribution < 1.29 is 9.90 Å². The van der Waals surface area contributed by atoms with Gasteiger partial charge in [-0.1, -0.05) is 19.1 Å². The molecule has 1 aromatic carbocycles. The standard InChI is InChI=1S/C17H25N3O2/c1-3-12-20-15-7-5-4-6-14(15)19-16(20)10-11-18-17(22)9-8-13(2)21/h4-7,13,21H,3,8-12H2,1-2H3,(H,18,22)/t13-/m1/s1. The van der Waals surface area contributed by atoms with E-state index in [1.165, 1.54) is 0 Å². The first-order valence-electron chi connectivity index (χ1n) is 8.00. The molecule has 1 atom stereocenters. The Morgan fingerprint density at radius 3 is 2.91 bits per heavy atom. The summed E-state index contributed by atoms with van der Waals surface area (Å²) in [6.45, 7) is 5.36. The third-order valence-electron chi connectivity index (χ3n) is 3.64. The fourth-order valence-electron chi connectivity index (χ4n) is 2.53. The summed E-state index contributed by atoms with van der Waals surface area (Å²) in [6.07, 6.45) is 2.20. The molecule has 0 aliphatic heterocycles. The predicted octanol–water partition coefficient (Wildman–Crippen LogP) is 2.27. The van der Waals surface area contributed by atoms with Crippen molar-refractivity contribution in [1.82, 2.24) is 14.9 Å². The third kappa shape index (κ3) is 4.31. The van der Waals surface area contributed by atoms with E-state index < -0.39 is 6.10 Å². The zero-order chi connectivity index (χ0) is 15.9. The number of aromatic nitrogens is 2. The van der Waals surface area contributed by atoms with Crippen molar-refractivity contribution in [2.45, 2.75) is 52.2 Å². The lowest BCUT2D eigenvalue weighted by Gasteiger charge is -2.09. The highest BCUT2D eigenvalue weighted by Crippen LogP contribution is 2.16. The number of aryl methyl sites for hydroxylation is 1. The number of aliphatic hydroxyl groups is 1. The summed E-state index contributed by atoms with van der Waals surface area (Å²) in [5.41, 5.74) is 2.16. The van der Waals surface area contributed by atoms with E-state index in [0.29, 0.717) is 19.4 Å². The number of hydrogen-bond acceptors (Lipinski definition) is 3. The number of carbonyl (C=O) groups excluding carboxylic acids is 1. The van der Waals surface area contributed by atoms with Crippen molar-refractivity contribution in [2.75, 3.05) is 6.54 Å². The second-order valence-electron chi connectivity index (χ2n) is 5.66. The Hall–Kier alpha value is -1.88. The minimum absolute atomic E-state index is 0.0148. The molecule has 0 spiro atoms. The van der Waals surface area contributed by atoms with Gasteiger partial charge < -0.3 is 15.0 Å². The summed E-state index contributed by atoms with van der Waals surface area (Å²) >= 11 is 0. The SMILES string of the molecule is CCCn1c(CCNC(=O)CC[C@@H](C)O)nc2ccccc21. The van der Waals surface area contributed by atoms with Gasteiger partial charge in [0.25, 0.3) is 0 Å². The second-order valence-corrected chi connectivity index (χ2v) is 5.66. The maximum Gasteiger partial charge on any atom is 0.220 e. The Bertz CT molecular complexity index is 619. The number of amides is 1. The summed E-state index contributed by atoms with van der Waals surface area (Å²) in [4.78, 5) is 16.3. The largest absolute Gasteiger partial charge is 0.393 e. The van der Waals surface area contributed by atoms with Crippen LogP contribution >= 0.6 is 0 Å². The number of benzene rings is 1. The van der Waals surface area contributed by atoms with E-state index in [-0.39, 0.29) is 5.91 Å². The van der Waals surface area contributed by atoms with Crippen LogP contribution in [0.25, 0.3) is 11.0 Å². The minimum Gasteiger partial charge on any atom is -0.393 e. The molecule has 0 saturated carbocycles. The van der Waals surface area contributed by atoms with Gasteiger partial charge in [0.05, 0.1) is 17.1 Å². The smallest absolute Gasteiger partial charge is 0.220 e. The topological polar surface area (TPSA) is 67.2 Å². The number of rotatable bonds is 8. The van der Waals surface area contributed by atoms with E-state index in [1.807, 2.05) is 18.2 Å². The van der Waals surface area contributed by atoms with Crippen LogP contribution < -0.4 is 5.32 Å². The molecule has 2 N–H and O–H groups in total. The van der Waals surface area contributed by atoms with Gasteiger partial charge in [-0.3, -0.25) is 4.79 Å². The van der Waals surface area contributed by atoms with Gasteiger partial charge in [-0.25, -0.2) is 4.98 Å². The first-order chi connectivity index (χ1) is 10.6. The number of nitrogens with one attached hydrogen (secondary N) is 1. The van der Waals surface area contributed by atoms with Gasteiger partial charge in [-0.05, 0) is 31.9 Å². The van der Waals surface area contributed by atoms with Gasteiger partial charge in [0.15, 0.2) is 0 Å². The molecule has 0 radical (unpaired) electrons. The highest BCUT2D eigenvalue weighted by molar-refractivity contribution is 5.76. The Morgan fingerprint density at radius 2 is 2.18 bits per heavy atom. The highest BCUT2D eigenvalue weighted by atomic mass is 16.3. The molecule has 2 aromatic rings. The van der Waals surface area contributed by atoms with Crippen LogP contribution in [0.5, 0.6) is 0 Å². The van der Waals surface area contributed by atoms with Crippen LogP contribution in [-0.2, 0) is 17.8 Å². The third-order valence-corrected chi connectivity index (χ3v) is 3.64. The molecule has 0 unspecified atom stereocenters. The van der Waals surface area contributed by atoms with Gasteiger partial charge in [0.2, 0.25) is 5.91 Å². The lowest BCUT2D eigenvalue weighted by molar-refractivity contribution is -0.121. The maximum atomic E-state index is 11.7. The highest BCUT2D eigenvalue weighted by Gasteiger charge is 2.10. The zero-order valence-electron chi connectivity index (χ0n) is 13.4. The number of nitrogens with zero attached hydrogens (tertiary/aromatic N) is 2. The van der Waals surface area contributed by atoms with Gasteiger partial charge in [-0.2, -0.15) is 0 Å². The second kappa shape index (κ2) is 7.94. The van der Waals surface area contributed by atoms with E-state index in [1.54, 1.807) is 6.92 Å². The molecule has 2 rings (SSSR count). The molecular formula is C17H25N3O2. The molecule has 0 bridgehead atoms. The van der Waals surface area contributed by atoms with E-state index in [2.05, 4.69) is 27.9 Å². The van der Waals surface area contributed by atoms with E-state index in [0.717, 1.165) is 36.2 Å². The molecule has 120 valence electrons. The van der Waals surface area contributed by atoms with Crippen LogP contribution in [0.15, 0.2) is 24.3 Å². The number of para-hydroxylation sites is 2. The fraction of sp³-hybridized carbons (Fsp3) is 0.529. The lowest BCUT2D eigenvalue weighted by Crippen LogP contribution is -2.27. The molecule has 0 aliphatic carbocycles.